The zero-order valence-electron chi connectivity index (χ0n) is 11.9. The monoisotopic (exact) mass is 336 g/mol. The highest BCUT2D eigenvalue weighted by molar-refractivity contribution is 7.13. The lowest BCUT2D eigenvalue weighted by Crippen LogP contribution is -2.38. The number of piperidine rings is 1. The maximum atomic E-state index is 12.4. The van der Waals surface area contributed by atoms with Gasteiger partial charge in [-0.1, -0.05) is 11.6 Å². The first kappa shape index (κ1) is 17.8. The molecule has 114 valence electrons. The number of nitrogens with one attached hydrogen (secondary N) is 1. The van der Waals surface area contributed by atoms with Crippen LogP contribution in [-0.2, 0) is 0 Å². The first-order valence-corrected chi connectivity index (χ1v) is 8.06. The van der Waals surface area contributed by atoms with Gasteiger partial charge in [0.2, 0.25) is 0 Å². The van der Waals surface area contributed by atoms with E-state index in [-0.39, 0.29) is 18.3 Å². The Balaban J connectivity index is 0.00000200. The van der Waals surface area contributed by atoms with Crippen molar-refractivity contribution in [3.8, 4) is 0 Å². The van der Waals surface area contributed by atoms with E-state index in [4.69, 9.17) is 11.6 Å². The summed E-state index contributed by atoms with van der Waals surface area (Å²) in [5, 5.41) is 5.77. The first-order chi connectivity index (χ1) is 9.13. The summed E-state index contributed by atoms with van der Waals surface area (Å²) in [6, 6.07) is 0. The van der Waals surface area contributed by atoms with Gasteiger partial charge in [0.25, 0.3) is 5.91 Å². The van der Waals surface area contributed by atoms with Crippen LogP contribution in [-0.4, -0.2) is 37.5 Å². The molecule has 1 fully saturated rings. The van der Waals surface area contributed by atoms with Crippen LogP contribution >= 0.6 is 35.3 Å². The Labute approximate surface area is 136 Å². The summed E-state index contributed by atoms with van der Waals surface area (Å²) in [4.78, 5) is 15.0. The molecule has 0 bridgehead atoms. The summed E-state index contributed by atoms with van der Waals surface area (Å²) in [5.74, 6) is 0.854. The number of amides is 1. The third-order valence-electron chi connectivity index (χ3n) is 3.80. The molecule has 3 nitrogen and oxygen atoms in total. The van der Waals surface area contributed by atoms with Crippen molar-refractivity contribution in [2.24, 2.45) is 5.92 Å². The van der Waals surface area contributed by atoms with Crippen molar-refractivity contribution in [2.45, 2.75) is 26.2 Å². The normalized spacial score (nSPS) is 16.1. The summed E-state index contributed by atoms with van der Waals surface area (Å²) in [5.41, 5.74) is 0.999. The number of carbonyl (C=O) groups is 1. The number of rotatable bonds is 4. The highest BCUT2D eigenvalue weighted by atomic mass is 35.5. The lowest BCUT2D eigenvalue weighted by atomic mass is 9.93. The van der Waals surface area contributed by atoms with E-state index in [1.165, 1.54) is 17.8 Å². The first-order valence-electron chi connectivity index (χ1n) is 6.81. The third-order valence-corrected chi connectivity index (χ3v) is 5.48. The fraction of sp³-hybridized carbons (Fsp3) is 0.643. The molecule has 0 radical (unpaired) electrons. The van der Waals surface area contributed by atoms with Crippen LogP contribution in [0.1, 0.15) is 34.5 Å². The van der Waals surface area contributed by atoms with Crippen LogP contribution < -0.4 is 5.32 Å². The van der Waals surface area contributed by atoms with Crippen LogP contribution in [0, 0.1) is 12.8 Å². The zero-order valence-corrected chi connectivity index (χ0v) is 14.3. The maximum Gasteiger partial charge on any atom is 0.265 e. The maximum absolute atomic E-state index is 12.4. The number of nitrogens with zero attached hydrogens (tertiary/aromatic N) is 1. The van der Waals surface area contributed by atoms with Gasteiger partial charge in [-0.2, -0.15) is 0 Å². The molecule has 1 amide bonds. The van der Waals surface area contributed by atoms with Crippen LogP contribution in [0.2, 0.25) is 5.02 Å². The number of thiophene rings is 1. The minimum atomic E-state index is 0. The van der Waals surface area contributed by atoms with Crippen molar-refractivity contribution in [1.29, 1.82) is 0 Å². The molecular formula is C14H22Cl2N2OS. The number of hydrogen-bond acceptors (Lipinski definition) is 3. The molecule has 2 rings (SSSR count). The predicted molar refractivity (Wildman–Crippen MR) is 88.5 cm³/mol. The van der Waals surface area contributed by atoms with Crippen LogP contribution in [0.5, 0.6) is 0 Å². The Bertz CT molecular complexity index is 442. The second kappa shape index (κ2) is 8.23. The van der Waals surface area contributed by atoms with Gasteiger partial charge >= 0.3 is 0 Å². The van der Waals surface area contributed by atoms with Crippen molar-refractivity contribution in [3.05, 3.63) is 20.8 Å². The van der Waals surface area contributed by atoms with Crippen LogP contribution in [0.15, 0.2) is 5.38 Å². The Kier molecular flexibility index (Phi) is 7.30. The predicted octanol–water partition coefficient (Wildman–Crippen LogP) is 3.59. The highest BCUT2D eigenvalue weighted by Gasteiger charge is 2.25. The molecule has 1 aromatic heterocycles. The van der Waals surface area contributed by atoms with Crippen molar-refractivity contribution in [3.63, 3.8) is 0 Å². The Morgan fingerprint density at radius 1 is 1.50 bits per heavy atom. The lowest BCUT2D eigenvalue weighted by Gasteiger charge is -2.31. The molecule has 1 aliphatic heterocycles. The number of carbonyl (C=O) groups excluding carboxylic acids is 1. The van der Waals surface area contributed by atoms with E-state index < -0.39 is 0 Å². The summed E-state index contributed by atoms with van der Waals surface area (Å²) in [6.07, 6.45) is 3.42. The molecule has 6 heteroatoms. The molecule has 1 aromatic rings. The molecule has 0 spiro atoms. The molecule has 0 atom stereocenters. The van der Waals surface area contributed by atoms with E-state index in [1.807, 2.05) is 24.3 Å². The second-order valence-corrected chi connectivity index (χ2v) is 6.45. The molecule has 2 heterocycles. The molecule has 1 N–H and O–H groups in total. The van der Waals surface area contributed by atoms with Crippen LogP contribution in [0.3, 0.4) is 0 Å². The van der Waals surface area contributed by atoms with E-state index in [1.54, 1.807) is 0 Å². The second-order valence-electron chi connectivity index (χ2n) is 5.19. The van der Waals surface area contributed by atoms with Crippen molar-refractivity contribution >= 4 is 41.3 Å². The SMILES string of the molecule is CNCCC1CCN(C(=O)c2scc(C)c2Cl)CC1.Cl. The fourth-order valence-electron chi connectivity index (χ4n) is 2.49. The molecule has 0 aliphatic carbocycles. The topological polar surface area (TPSA) is 32.3 Å². The average Bonchev–Trinajstić information content (AvgIpc) is 2.76. The highest BCUT2D eigenvalue weighted by Crippen LogP contribution is 2.30. The van der Waals surface area contributed by atoms with Gasteiger partial charge in [-0.3, -0.25) is 4.79 Å². The number of aryl methyl sites for hydroxylation is 1. The largest absolute Gasteiger partial charge is 0.338 e. The van der Waals surface area contributed by atoms with Crippen LogP contribution in [0.25, 0.3) is 0 Å². The summed E-state index contributed by atoms with van der Waals surface area (Å²) in [6.45, 7) is 4.73. The standard InChI is InChI=1S/C14H21ClN2OS.ClH/c1-10-9-19-13(12(10)15)14(18)17-7-4-11(5-8-17)3-6-16-2;/h9,11,16H,3-8H2,1-2H3;1H. The van der Waals surface area contributed by atoms with Gasteiger partial charge in [0.1, 0.15) is 4.88 Å². The molecular weight excluding hydrogens is 315 g/mol. The Morgan fingerprint density at radius 2 is 2.15 bits per heavy atom. The van der Waals surface area contributed by atoms with Gasteiger partial charge < -0.3 is 10.2 Å². The van der Waals surface area contributed by atoms with Gasteiger partial charge in [0.15, 0.2) is 0 Å². The van der Waals surface area contributed by atoms with Gasteiger partial charge in [0, 0.05) is 13.1 Å². The molecule has 20 heavy (non-hydrogen) atoms. The smallest absolute Gasteiger partial charge is 0.265 e. The fourth-order valence-corrected chi connectivity index (χ4v) is 3.73. The van der Waals surface area contributed by atoms with Gasteiger partial charge in [0.05, 0.1) is 5.02 Å². The minimum Gasteiger partial charge on any atom is -0.338 e. The molecule has 0 aromatic carbocycles. The summed E-state index contributed by atoms with van der Waals surface area (Å²) >= 11 is 7.63. The quantitative estimate of drug-likeness (QED) is 0.911. The van der Waals surface area contributed by atoms with Crippen molar-refractivity contribution < 1.29 is 4.79 Å². The lowest BCUT2D eigenvalue weighted by molar-refractivity contribution is 0.0692. The van der Waals surface area contributed by atoms with Crippen LogP contribution in [0.4, 0.5) is 0 Å². The Morgan fingerprint density at radius 3 is 2.65 bits per heavy atom. The van der Waals surface area contributed by atoms with E-state index in [0.29, 0.717) is 9.90 Å². The molecule has 0 saturated carbocycles. The van der Waals surface area contributed by atoms with Gasteiger partial charge in [-0.25, -0.2) is 0 Å². The molecule has 0 unspecified atom stereocenters. The zero-order chi connectivity index (χ0) is 13.8. The Hall–Kier alpha value is -0.290. The number of likely N-dealkylation sites (tertiary alicyclic amines) is 1. The van der Waals surface area contributed by atoms with E-state index in [2.05, 4.69) is 5.32 Å². The summed E-state index contributed by atoms with van der Waals surface area (Å²) < 4.78 is 0. The van der Waals surface area contributed by atoms with Gasteiger partial charge in [-0.05, 0) is 56.6 Å². The summed E-state index contributed by atoms with van der Waals surface area (Å²) in [7, 11) is 1.99. The minimum absolute atomic E-state index is 0. The molecule has 1 saturated heterocycles. The van der Waals surface area contributed by atoms with E-state index in [0.717, 1.165) is 44.0 Å². The number of hydrogen-bond donors (Lipinski definition) is 1. The van der Waals surface area contributed by atoms with E-state index >= 15 is 0 Å². The van der Waals surface area contributed by atoms with Gasteiger partial charge in [-0.15, -0.1) is 23.7 Å². The van der Waals surface area contributed by atoms with Crippen molar-refractivity contribution in [1.82, 2.24) is 10.2 Å². The third kappa shape index (κ3) is 4.10. The molecule has 1 aliphatic rings. The average molecular weight is 337 g/mol. The number of halogens is 2. The van der Waals surface area contributed by atoms with E-state index in [9.17, 15) is 4.79 Å². The van der Waals surface area contributed by atoms with Crippen molar-refractivity contribution in [2.75, 3.05) is 26.7 Å².